The van der Waals surface area contributed by atoms with E-state index in [1.54, 1.807) is 19.9 Å². The Morgan fingerprint density at radius 2 is 1.63 bits per heavy atom. The number of rotatable bonds is 5. The number of piperazine rings is 1. The Kier molecular flexibility index (Phi) is 5.96. The minimum Gasteiger partial charge on any atom is -0.368 e. The van der Waals surface area contributed by atoms with Crippen LogP contribution >= 0.6 is 0 Å². The van der Waals surface area contributed by atoms with Crippen molar-refractivity contribution in [2.45, 2.75) is 13.8 Å². The van der Waals surface area contributed by atoms with Crippen LogP contribution in [0.3, 0.4) is 0 Å². The highest BCUT2D eigenvalue weighted by Crippen LogP contribution is 2.23. The van der Waals surface area contributed by atoms with Crippen LogP contribution in [-0.4, -0.2) is 43.0 Å². The Morgan fingerprint density at radius 1 is 0.926 bits per heavy atom. The molecule has 2 aromatic rings. The lowest BCUT2D eigenvalue weighted by Crippen LogP contribution is -2.48. The van der Waals surface area contributed by atoms with Gasteiger partial charge in [0.2, 0.25) is 0 Å². The van der Waals surface area contributed by atoms with Gasteiger partial charge in [0.05, 0.1) is 5.92 Å². The maximum atomic E-state index is 12.5. The molecule has 0 radical (unpaired) electrons. The number of carbonyl (C=O) groups excluding carboxylic acids is 2. The van der Waals surface area contributed by atoms with Gasteiger partial charge in [-0.25, -0.2) is 4.79 Å². The van der Waals surface area contributed by atoms with Gasteiger partial charge in [-0.3, -0.25) is 14.6 Å². The van der Waals surface area contributed by atoms with Crippen LogP contribution in [0.5, 0.6) is 5.75 Å². The summed E-state index contributed by atoms with van der Waals surface area (Å²) < 4.78 is 0. The first-order valence-corrected chi connectivity index (χ1v) is 9.12. The maximum absolute atomic E-state index is 12.5. The zero-order valence-corrected chi connectivity index (χ0v) is 15.6. The summed E-state index contributed by atoms with van der Waals surface area (Å²) in [6.45, 7) is 6.26. The molecule has 0 bridgehead atoms. The Morgan fingerprint density at radius 3 is 2.30 bits per heavy atom. The largest absolute Gasteiger partial charge is 0.368 e. The zero-order valence-electron chi connectivity index (χ0n) is 15.6. The van der Waals surface area contributed by atoms with Gasteiger partial charge in [0.15, 0.2) is 5.75 Å². The molecule has 0 atom stereocenters. The highest BCUT2D eigenvalue weighted by molar-refractivity contribution is 5.94. The second kappa shape index (κ2) is 8.58. The highest BCUT2D eigenvalue weighted by Gasteiger charge is 2.22. The van der Waals surface area contributed by atoms with Crippen LogP contribution in [0.25, 0.3) is 0 Å². The number of benzene rings is 2. The van der Waals surface area contributed by atoms with Crippen molar-refractivity contribution in [3.63, 3.8) is 0 Å². The van der Waals surface area contributed by atoms with Crippen LogP contribution in [0.4, 0.5) is 5.69 Å². The molecule has 0 unspecified atom stereocenters. The van der Waals surface area contributed by atoms with Crippen LogP contribution in [0.15, 0.2) is 54.6 Å². The van der Waals surface area contributed by atoms with Crippen molar-refractivity contribution in [2.75, 3.05) is 31.1 Å². The van der Waals surface area contributed by atoms with Gasteiger partial charge in [0, 0.05) is 43.5 Å². The fraction of sp³-hybridized carbons (Fsp3) is 0.333. The molecule has 2 aromatic carbocycles. The van der Waals surface area contributed by atoms with Crippen molar-refractivity contribution < 1.29 is 19.4 Å². The van der Waals surface area contributed by atoms with Crippen molar-refractivity contribution in [3.8, 4) is 5.75 Å². The number of carbonyl (C=O) groups is 2. The van der Waals surface area contributed by atoms with Gasteiger partial charge in [-0.05, 0) is 24.3 Å². The van der Waals surface area contributed by atoms with E-state index in [0.29, 0.717) is 24.4 Å². The van der Waals surface area contributed by atoms with Crippen LogP contribution in [0.2, 0.25) is 0 Å². The molecule has 1 fully saturated rings. The summed E-state index contributed by atoms with van der Waals surface area (Å²) in [5.41, 5.74) is 1.69. The summed E-state index contributed by atoms with van der Waals surface area (Å²) in [5, 5.41) is 0. The lowest BCUT2D eigenvalue weighted by atomic mass is 10.1. The first-order chi connectivity index (χ1) is 13.0. The monoisotopic (exact) mass is 368 g/mol. The van der Waals surface area contributed by atoms with Crippen LogP contribution in [0, 0.1) is 5.92 Å². The average molecular weight is 368 g/mol. The normalized spacial score (nSPS) is 14.2. The van der Waals surface area contributed by atoms with Crippen molar-refractivity contribution in [2.24, 2.45) is 5.92 Å². The minimum atomic E-state index is -0.409. The van der Waals surface area contributed by atoms with Crippen molar-refractivity contribution in [1.82, 2.24) is 4.90 Å². The van der Waals surface area contributed by atoms with E-state index in [1.807, 2.05) is 53.4 Å². The zero-order chi connectivity index (χ0) is 19.2. The van der Waals surface area contributed by atoms with Crippen molar-refractivity contribution >= 4 is 17.6 Å². The van der Waals surface area contributed by atoms with E-state index in [-0.39, 0.29) is 11.8 Å². The molecule has 0 spiro atoms. The maximum Gasteiger partial charge on any atom is 0.357 e. The Labute approximate surface area is 159 Å². The summed E-state index contributed by atoms with van der Waals surface area (Å²) in [4.78, 5) is 38.1. The van der Waals surface area contributed by atoms with Gasteiger partial charge >= 0.3 is 5.97 Å². The molecule has 0 aromatic heterocycles. The summed E-state index contributed by atoms with van der Waals surface area (Å²) in [5.74, 6) is -0.117. The SMILES string of the molecule is CC(C)C(=O)OOc1cccc(N2CCN(C(=O)c3ccccc3)CC2)c1. The van der Waals surface area contributed by atoms with E-state index < -0.39 is 5.97 Å². The van der Waals surface area contributed by atoms with Crippen molar-refractivity contribution in [1.29, 1.82) is 0 Å². The molecule has 142 valence electrons. The van der Waals surface area contributed by atoms with Crippen molar-refractivity contribution in [3.05, 3.63) is 60.2 Å². The van der Waals surface area contributed by atoms with Gasteiger partial charge < -0.3 is 9.80 Å². The first kappa shape index (κ1) is 18.8. The van der Waals surface area contributed by atoms with E-state index in [9.17, 15) is 9.59 Å². The predicted octanol–water partition coefficient (Wildman–Crippen LogP) is 3.14. The standard InChI is InChI=1S/C21H24N2O4/c1-16(2)21(25)27-26-19-10-6-9-18(15-19)22-11-13-23(14-12-22)20(24)17-7-4-3-5-8-17/h3-10,15-16H,11-14H2,1-2H3. The Hall–Kier alpha value is -3.02. The van der Waals surface area contributed by atoms with Gasteiger partial charge in [-0.15, -0.1) is 0 Å². The Bertz CT molecular complexity index is 784. The number of hydrogen-bond donors (Lipinski definition) is 0. The molecule has 1 saturated heterocycles. The number of amides is 1. The number of nitrogens with zero attached hydrogens (tertiary/aromatic N) is 2. The fourth-order valence-electron chi connectivity index (χ4n) is 2.85. The molecule has 27 heavy (non-hydrogen) atoms. The summed E-state index contributed by atoms with van der Waals surface area (Å²) >= 11 is 0. The molecular weight excluding hydrogens is 344 g/mol. The quantitative estimate of drug-likeness (QED) is 0.599. The summed E-state index contributed by atoms with van der Waals surface area (Å²) in [7, 11) is 0. The van der Waals surface area contributed by atoms with Crippen LogP contribution in [-0.2, 0) is 9.68 Å². The van der Waals surface area contributed by atoms with Gasteiger partial charge in [-0.1, -0.05) is 38.1 Å². The lowest BCUT2D eigenvalue weighted by Gasteiger charge is -2.36. The molecule has 0 aliphatic carbocycles. The third-order valence-corrected chi connectivity index (χ3v) is 4.46. The molecule has 1 heterocycles. The van der Waals surface area contributed by atoms with Crippen LogP contribution in [0.1, 0.15) is 24.2 Å². The molecule has 1 amide bonds. The number of anilines is 1. The third-order valence-electron chi connectivity index (χ3n) is 4.46. The van der Waals surface area contributed by atoms with E-state index >= 15 is 0 Å². The lowest BCUT2D eigenvalue weighted by molar-refractivity contribution is -0.217. The smallest absolute Gasteiger partial charge is 0.357 e. The second-order valence-corrected chi connectivity index (χ2v) is 6.78. The molecule has 6 heteroatoms. The molecular formula is C21H24N2O4. The van der Waals surface area contributed by atoms with Crippen LogP contribution < -0.4 is 9.79 Å². The highest BCUT2D eigenvalue weighted by atomic mass is 17.2. The van der Waals surface area contributed by atoms with Gasteiger partial charge in [0.25, 0.3) is 5.91 Å². The fourth-order valence-corrected chi connectivity index (χ4v) is 2.85. The molecule has 6 nitrogen and oxygen atoms in total. The molecule has 3 rings (SSSR count). The van der Waals surface area contributed by atoms with E-state index in [4.69, 9.17) is 9.78 Å². The van der Waals surface area contributed by atoms with E-state index in [2.05, 4.69) is 4.90 Å². The van der Waals surface area contributed by atoms with Gasteiger partial charge in [0.1, 0.15) is 0 Å². The minimum absolute atomic E-state index is 0.0629. The topological polar surface area (TPSA) is 59.1 Å². The Balaban J connectivity index is 1.57. The molecule has 1 aliphatic heterocycles. The van der Waals surface area contributed by atoms with E-state index in [0.717, 1.165) is 18.8 Å². The summed E-state index contributed by atoms with van der Waals surface area (Å²) in [6, 6.07) is 16.8. The first-order valence-electron chi connectivity index (χ1n) is 9.12. The van der Waals surface area contributed by atoms with E-state index in [1.165, 1.54) is 0 Å². The van der Waals surface area contributed by atoms with Gasteiger partial charge in [-0.2, -0.15) is 0 Å². The number of hydrogen-bond acceptors (Lipinski definition) is 5. The summed E-state index contributed by atoms with van der Waals surface area (Å²) in [6.07, 6.45) is 0. The molecule has 0 N–H and O–H groups in total. The molecule has 1 aliphatic rings. The predicted molar refractivity (Wildman–Crippen MR) is 103 cm³/mol. The second-order valence-electron chi connectivity index (χ2n) is 6.78. The molecule has 0 saturated carbocycles. The average Bonchev–Trinajstić information content (AvgIpc) is 2.72. The third kappa shape index (κ3) is 4.78.